The van der Waals surface area contributed by atoms with Crippen molar-refractivity contribution >= 4 is 28.8 Å². The van der Waals surface area contributed by atoms with Crippen LogP contribution >= 0.6 is 0 Å². The number of aryl methyl sites for hydroxylation is 1. The lowest BCUT2D eigenvalue weighted by Gasteiger charge is -2.21. The fraction of sp³-hybridized carbons (Fsp3) is 0.304. The third-order valence-corrected chi connectivity index (χ3v) is 5.43. The van der Waals surface area contributed by atoms with Crippen LogP contribution in [0.2, 0.25) is 0 Å². The predicted octanol–water partition coefficient (Wildman–Crippen LogP) is 3.44. The summed E-state index contributed by atoms with van der Waals surface area (Å²) >= 11 is 0. The molecular formula is C23H25N3O2. The average molecular weight is 375 g/mol. The number of anilines is 2. The molecule has 0 unspecified atom stereocenters. The molecule has 0 saturated carbocycles. The van der Waals surface area contributed by atoms with Gasteiger partial charge >= 0.3 is 0 Å². The molecule has 144 valence electrons. The second kappa shape index (κ2) is 7.15. The minimum absolute atomic E-state index is 0.224. The summed E-state index contributed by atoms with van der Waals surface area (Å²) in [5.41, 5.74) is 4.55. The quantitative estimate of drug-likeness (QED) is 0.768. The molecule has 0 radical (unpaired) electrons. The van der Waals surface area contributed by atoms with Crippen LogP contribution in [0.3, 0.4) is 0 Å². The van der Waals surface area contributed by atoms with Gasteiger partial charge in [-0.15, -0.1) is 0 Å². The standard InChI is InChI=1S/C23H25N3O2/c1-16-9-11-17(12-10-16)20-21(25-13-4-5-14-25)23(28)26(22(20)27)19-8-6-7-18(15-19)24(2)3/h6-12,15H,4-5,13-14H2,1-3H3. The van der Waals surface area contributed by atoms with Gasteiger partial charge in [0.25, 0.3) is 11.8 Å². The van der Waals surface area contributed by atoms with Crippen LogP contribution in [0, 0.1) is 6.92 Å². The first kappa shape index (κ1) is 18.3. The van der Waals surface area contributed by atoms with Crippen molar-refractivity contribution in [3.8, 4) is 0 Å². The van der Waals surface area contributed by atoms with E-state index in [9.17, 15) is 9.59 Å². The van der Waals surface area contributed by atoms with E-state index in [4.69, 9.17) is 0 Å². The Morgan fingerprint density at radius 2 is 1.57 bits per heavy atom. The molecule has 2 aromatic rings. The van der Waals surface area contributed by atoms with Crippen LogP contribution in [0.4, 0.5) is 11.4 Å². The van der Waals surface area contributed by atoms with Crippen LogP contribution in [0.5, 0.6) is 0 Å². The number of carbonyl (C=O) groups is 2. The molecule has 1 saturated heterocycles. The number of benzene rings is 2. The van der Waals surface area contributed by atoms with Gasteiger partial charge < -0.3 is 9.80 Å². The zero-order valence-corrected chi connectivity index (χ0v) is 16.6. The first-order valence-electron chi connectivity index (χ1n) is 9.70. The molecule has 2 heterocycles. The van der Waals surface area contributed by atoms with Gasteiger partial charge in [-0.3, -0.25) is 9.59 Å². The zero-order chi connectivity index (χ0) is 19.8. The van der Waals surface area contributed by atoms with Crippen LogP contribution in [0.1, 0.15) is 24.0 Å². The Morgan fingerprint density at radius 1 is 0.893 bits per heavy atom. The third kappa shape index (κ3) is 3.07. The Morgan fingerprint density at radius 3 is 2.21 bits per heavy atom. The number of imide groups is 1. The molecule has 5 heteroatoms. The van der Waals surface area contributed by atoms with E-state index >= 15 is 0 Å². The Labute approximate surface area is 165 Å². The molecule has 1 fully saturated rings. The summed E-state index contributed by atoms with van der Waals surface area (Å²) in [6.45, 7) is 3.64. The van der Waals surface area contributed by atoms with Gasteiger partial charge in [-0.25, -0.2) is 4.90 Å². The summed E-state index contributed by atoms with van der Waals surface area (Å²) in [5, 5.41) is 0. The minimum atomic E-state index is -0.244. The summed E-state index contributed by atoms with van der Waals surface area (Å²) in [7, 11) is 3.89. The summed E-state index contributed by atoms with van der Waals surface area (Å²) < 4.78 is 0. The van der Waals surface area contributed by atoms with Gasteiger partial charge in [0.2, 0.25) is 0 Å². The highest BCUT2D eigenvalue weighted by Gasteiger charge is 2.43. The van der Waals surface area contributed by atoms with E-state index in [1.54, 1.807) is 0 Å². The topological polar surface area (TPSA) is 43.9 Å². The maximum absolute atomic E-state index is 13.5. The van der Waals surface area contributed by atoms with Crippen molar-refractivity contribution in [1.29, 1.82) is 0 Å². The van der Waals surface area contributed by atoms with E-state index in [-0.39, 0.29) is 11.8 Å². The van der Waals surface area contributed by atoms with E-state index in [1.807, 2.05) is 74.4 Å². The SMILES string of the molecule is Cc1ccc(C2=C(N3CCCC3)C(=O)N(c3cccc(N(C)C)c3)C2=O)cc1. The Balaban J connectivity index is 1.81. The Bertz CT molecular complexity index is 954. The van der Waals surface area contributed by atoms with Crippen molar-refractivity contribution in [1.82, 2.24) is 4.90 Å². The van der Waals surface area contributed by atoms with Gasteiger partial charge in [-0.1, -0.05) is 35.9 Å². The smallest absolute Gasteiger partial charge is 0.282 e. The number of amides is 2. The molecule has 0 aromatic heterocycles. The number of nitrogens with zero attached hydrogens (tertiary/aromatic N) is 3. The van der Waals surface area contributed by atoms with Crippen molar-refractivity contribution in [2.75, 3.05) is 37.0 Å². The average Bonchev–Trinajstić information content (AvgIpc) is 3.29. The molecule has 0 N–H and O–H groups in total. The molecule has 0 atom stereocenters. The molecule has 0 spiro atoms. The van der Waals surface area contributed by atoms with E-state index in [2.05, 4.69) is 4.90 Å². The van der Waals surface area contributed by atoms with E-state index in [0.29, 0.717) is 17.0 Å². The van der Waals surface area contributed by atoms with Gasteiger partial charge in [0.05, 0.1) is 11.3 Å². The van der Waals surface area contributed by atoms with E-state index in [0.717, 1.165) is 42.7 Å². The number of likely N-dealkylation sites (tertiary alicyclic amines) is 1. The summed E-state index contributed by atoms with van der Waals surface area (Å²) in [5.74, 6) is -0.468. The van der Waals surface area contributed by atoms with Crippen molar-refractivity contribution < 1.29 is 9.59 Å². The lowest BCUT2D eigenvalue weighted by atomic mass is 10.0. The van der Waals surface area contributed by atoms with E-state index in [1.165, 1.54) is 4.90 Å². The fourth-order valence-electron chi connectivity index (χ4n) is 3.88. The zero-order valence-electron chi connectivity index (χ0n) is 16.6. The second-order valence-corrected chi connectivity index (χ2v) is 7.64. The molecule has 5 nitrogen and oxygen atoms in total. The fourth-order valence-corrected chi connectivity index (χ4v) is 3.88. The second-order valence-electron chi connectivity index (χ2n) is 7.64. The van der Waals surface area contributed by atoms with Gasteiger partial charge in [0.15, 0.2) is 0 Å². The highest BCUT2D eigenvalue weighted by atomic mass is 16.2. The molecule has 2 aliphatic rings. The van der Waals surface area contributed by atoms with E-state index < -0.39 is 0 Å². The van der Waals surface area contributed by atoms with Crippen molar-refractivity contribution in [3.05, 3.63) is 65.4 Å². The monoisotopic (exact) mass is 375 g/mol. The highest BCUT2D eigenvalue weighted by molar-refractivity contribution is 6.45. The van der Waals surface area contributed by atoms with Crippen molar-refractivity contribution in [2.45, 2.75) is 19.8 Å². The highest BCUT2D eigenvalue weighted by Crippen LogP contribution is 2.36. The number of hydrogen-bond donors (Lipinski definition) is 0. The van der Waals surface area contributed by atoms with Crippen LogP contribution in [0.25, 0.3) is 5.57 Å². The molecular weight excluding hydrogens is 350 g/mol. The largest absolute Gasteiger partial charge is 0.378 e. The molecule has 2 amide bonds. The lowest BCUT2D eigenvalue weighted by molar-refractivity contribution is -0.120. The van der Waals surface area contributed by atoms with Gasteiger partial charge in [-0.05, 0) is 43.5 Å². The molecule has 2 aliphatic heterocycles. The third-order valence-electron chi connectivity index (χ3n) is 5.43. The first-order valence-corrected chi connectivity index (χ1v) is 9.70. The summed E-state index contributed by atoms with van der Waals surface area (Å²) in [6.07, 6.45) is 2.09. The molecule has 2 aromatic carbocycles. The molecule has 0 bridgehead atoms. The van der Waals surface area contributed by atoms with Gasteiger partial charge in [-0.2, -0.15) is 0 Å². The molecule has 4 rings (SSSR count). The van der Waals surface area contributed by atoms with Gasteiger partial charge in [0, 0.05) is 32.9 Å². The Kier molecular flexibility index (Phi) is 4.67. The number of hydrogen-bond acceptors (Lipinski definition) is 4. The molecule has 28 heavy (non-hydrogen) atoms. The normalized spacial score (nSPS) is 17.1. The van der Waals surface area contributed by atoms with Crippen molar-refractivity contribution in [2.24, 2.45) is 0 Å². The molecule has 0 aliphatic carbocycles. The predicted molar refractivity (Wildman–Crippen MR) is 112 cm³/mol. The maximum Gasteiger partial charge on any atom is 0.282 e. The number of rotatable bonds is 4. The van der Waals surface area contributed by atoms with Gasteiger partial charge in [0.1, 0.15) is 5.70 Å². The summed E-state index contributed by atoms with van der Waals surface area (Å²) in [6, 6.07) is 15.4. The van der Waals surface area contributed by atoms with Crippen molar-refractivity contribution in [3.63, 3.8) is 0 Å². The van der Waals surface area contributed by atoms with Crippen LogP contribution in [0.15, 0.2) is 54.2 Å². The summed E-state index contributed by atoms with van der Waals surface area (Å²) in [4.78, 5) is 32.3. The number of carbonyl (C=O) groups excluding carboxylic acids is 2. The van der Waals surface area contributed by atoms with Crippen LogP contribution in [-0.4, -0.2) is 43.9 Å². The first-order chi connectivity index (χ1) is 13.5. The maximum atomic E-state index is 13.5. The van der Waals surface area contributed by atoms with Crippen LogP contribution < -0.4 is 9.80 Å². The minimum Gasteiger partial charge on any atom is -0.378 e. The van der Waals surface area contributed by atoms with Crippen LogP contribution in [-0.2, 0) is 9.59 Å². The lowest BCUT2D eigenvalue weighted by Crippen LogP contribution is -2.34. The Hall–Kier alpha value is -3.08.